The molecule has 0 aromatic carbocycles. The van der Waals surface area contributed by atoms with E-state index in [0.717, 1.165) is 68.0 Å². The molecule has 2 heterocycles. The van der Waals surface area contributed by atoms with Gasteiger partial charge in [-0.05, 0) is 63.6 Å². The van der Waals surface area contributed by atoms with Gasteiger partial charge in [-0.3, -0.25) is 0 Å². The SMILES string of the molecule is COC[C@@H](C)N[C@H]1CC[C@H](Nc2cc(-c3cccc(NCC4(C#N)CC4)n3)c(Cl)cn2)CC1. The van der Waals surface area contributed by atoms with Crippen molar-refractivity contribution in [1.82, 2.24) is 15.3 Å². The molecule has 33 heavy (non-hydrogen) atoms. The Balaban J connectivity index is 1.37. The topological polar surface area (TPSA) is 94.9 Å². The highest BCUT2D eigenvalue weighted by molar-refractivity contribution is 6.33. The fraction of sp³-hybridized carbons (Fsp3) is 0.560. The number of rotatable bonds is 10. The van der Waals surface area contributed by atoms with Gasteiger partial charge < -0.3 is 20.7 Å². The molecule has 2 aromatic rings. The Morgan fingerprint density at radius 3 is 2.67 bits per heavy atom. The molecule has 2 aliphatic carbocycles. The summed E-state index contributed by atoms with van der Waals surface area (Å²) >= 11 is 6.49. The van der Waals surface area contributed by atoms with Crippen molar-refractivity contribution in [1.29, 1.82) is 5.26 Å². The van der Waals surface area contributed by atoms with Crippen LogP contribution in [0.3, 0.4) is 0 Å². The summed E-state index contributed by atoms with van der Waals surface area (Å²) in [6, 6.07) is 11.5. The van der Waals surface area contributed by atoms with Gasteiger partial charge in [-0.2, -0.15) is 5.26 Å². The highest BCUT2D eigenvalue weighted by Gasteiger charge is 2.42. The van der Waals surface area contributed by atoms with E-state index in [1.807, 2.05) is 24.3 Å². The molecule has 0 radical (unpaired) electrons. The summed E-state index contributed by atoms with van der Waals surface area (Å²) < 4.78 is 5.23. The lowest BCUT2D eigenvalue weighted by Crippen LogP contribution is -2.42. The predicted molar refractivity (Wildman–Crippen MR) is 132 cm³/mol. The Morgan fingerprint density at radius 1 is 1.21 bits per heavy atom. The predicted octanol–water partition coefficient (Wildman–Crippen LogP) is 4.86. The van der Waals surface area contributed by atoms with Crippen LogP contribution in [-0.2, 0) is 4.74 Å². The lowest BCUT2D eigenvalue weighted by Gasteiger charge is -2.31. The second-order valence-electron chi connectivity index (χ2n) is 9.42. The third kappa shape index (κ3) is 6.35. The number of aromatic nitrogens is 2. The zero-order valence-corrected chi connectivity index (χ0v) is 20.2. The summed E-state index contributed by atoms with van der Waals surface area (Å²) in [4.78, 5) is 9.24. The molecular weight excluding hydrogens is 436 g/mol. The fourth-order valence-electron chi connectivity index (χ4n) is 4.45. The standard InChI is InChI=1S/C25H33ClN6O/c1-17(14-33-2)30-18-6-8-19(9-7-18)31-24-12-20(21(26)13-28-24)22-4-3-5-23(32-22)29-16-25(15-27)10-11-25/h3-5,12-13,17-19,30H,6-11,14,16H2,1-2H3,(H,28,31)(H,29,32)/t17-,18-,19-/m1/s1. The van der Waals surface area contributed by atoms with E-state index < -0.39 is 0 Å². The van der Waals surface area contributed by atoms with Crippen LogP contribution in [0.15, 0.2) is 30.5 Å². The minimum atomic E-state index is -0.223. The van der Waals surface area contributed by atoms with Gasteiger partial charge >= 0.3 is 0 Å². The van der Waals surface area contributed by atoms with Crippen molar-refractivity contribution in [3.63, 3.8) is 0 Å². The van der Waals surface area contributed by atoms with E-state index in [1.54, 1.807) is 13.3 Å². The summed E-state index contributed by atoms with van der Waals surface area (Å²) in [5.74, 6) is 1.57. The van der Waals surface area contributed by atoms with E-state index in [-0.39, 0.29) is 5.41 Å². The molecule has 0 amide bonds. The third-order valence-corrected chi connectivity index (χ3v) is 6.90. The summed E-state index contributed by atoms with van der Waals surface area (Å²) in [6.45, 7) is 3.53. The molecule has 1 atom stereocenters. The van der Waals surface area contributed by atoms with Gasteiger partial charge in [-0.1, -0.05) is 17.7 Å². The summed E-state index contributed by atoms with van der Waals surface area (Å²) in [5, 5.41) is 20.4. The number of anilines is 2. The van der Waals surface area contributed by atoms with Crippen LogP contribution in [0, 0.1) is 16.7 Å². The van der Waals surface area contributed by atoms with Gasteiger partial charge in [0.1, 0.15) is 11.6 Å². The highest BCUT2D eigenvalue weighted by Crippen LogP contribution is 2.44. The molecule has 2 aliphatic rings. The summed E-state index contributed by atoms with van der Waals surface area (Å²) in [7, 11) is 1.74. The molecule has 0 unspecified atom stereocenters. The van der Waals surface area contributed by atoms with E-state index in [1.165, 1.54) is 0 Å². The third-order valence-electron chi connectivity index (χ3n) is 6.60. The molecule has 0 aliphatic heterocycles. The second-order valence-corrected chi connectivity index (χ2v) is 9.83. The number of halogens is 1. The number of nitrogens with zero attached hydrogens (tertiary/aromatic N) is 3. The normalized spacial score (nSPS) is 22.2. The van der Waals surface area contributed by atoms with Crippen molar-refractivity contribution >= 4 is 23.2 Å². The first-order chi connectivity index (χ1) is 16.0. The average Bonchev–Trinajstić information content (AvgIpc) is 3.61. The van der Waals surface area contributed by atoms with Crippen LogP contribution < -0.4 is 16.0 Å². The summed E-state index contributed by atoms with van der Waals surface area (Å²) in [6.07, 6.45) is 8.04. The maximum Gasteiger partial charge on any atom is 0.126 e. The molecule has 2 saturated carbocycles. The lowest BCUT2D eigenvalue weighted by atomic mass is 9.90. The first-order valence-electron chi connectivity index (χ1n) is 11.8. The van der Waals surface area contributed by atoms with E-state index in [4.69, 9.17) is 21.3 Å². The van der Waals surface area contributed by atoms with E-state index in [9.17, 15) is 5.26 Å². The van der Waals surface area contributed by atoms with E-state index >= 15 is 0 Å². The minimum Gasteiger partial charge on any atom is -0.383 e. The molecule has 2 fully saturated rings. The van der Waals surface area contributed by atoms with Crippen LogP contribution in [0.1, 0.15) is 45.4 Å². The molecule has 176 valence electrons. The van der Waals surface area contributed by atoms with Crippen LogP contribution >= 0.6 is 11.6 Å². The second kappa shape index (κ2) is 10.7. The largest absolute Gasteiger partial charge is 0.383 e. The zero-order valence-electron chi connectivity index (χ0n) is 19.4. The number of hydrogen-bond donors (Lipinski definition) is 3. The Kier molecular flexibility index (Phi) is 7.69. The number of methoxy groups -OCH3 is 1. The van der Waals surface area contributed by atoms with Crippen molar-refractivity contribution in [3.8, 4) is 17.3 Å². The van der Waals surface area contributed by atoms with E-state index in [2.05, 4.69) is 33.9 Å². The van der Waals surface area contributed by atoms with Gasteiger partial charge in [0.2, 0.25) is 0 Å². The van der Waals surface area contributed by atoms with Crippen molar-refractivity contribution in [3.05, 3.63) is 35.5 Å². The number of nitrogens with one attached hydrogen (secondary N) is 3. The lowest BCUT2D eigenvalue weighted by molar-refractivity contribution is 0.161. The van der Waals surface area contributed by atoms with Gasteiger partial charge in [0, 0.05) is 43.5 Å². The van der Waals surface area contributed by atoms with Crippen molar-refractivity contribution in [2.75, 3.05) is 30.9 Å². The summed E-state index contributed by atoms with van der Waals surface area (Å²) in [5.41, 5.74) is 1.42. The van der Waals surface area contributed by atoms with Gasteiger partial charge in [0.25, 0.3) is 0 Å². The zero-order chi connectivity index (χ0) is 23.3. The van der Waals surface area contributed by atoms with Crippen molar-refractivity contribution < 1.29 is 4.74 Å². The molecule has 0 saturated heterocycles. The minimum absolute atomic E-state index is 0.223. The smallest absolute Gasteiger partial charge is 0.126 e. The molecule has 0 spiro atoms. The molecular formula is C25H33ClN6O. The Labute approximate surface area is 201 Å². The molecule has 2 aromatic heterocycles. The average molecular weight is 469 g/mol. The molecule has 7 nitrogen and oxygen atoms in total. The van der Waals surface area contributed by atoms with Crippen molar-refractivity contribution in [2.45, 2.75) is 63.6 Å². The molecule has 4 rings (SSSR count). The number of pyridine rings is 2. The first-order valence-corrected chi connectivity index (χ1v) is 12.2. The quantitative estimate of drug-likeness (QED) is 0.458. The van der Waals surface area contributed by atoms with Gasteiger partial charge in [-0.15, -0.1) is 0 Å². The Bertz CT molecular complexity index is 981. The maximum atomic E-state index is 9.29. The maximum absolute atomic E-state index is 9.29. The van der Waals surface area contributed by atoms with Gasteiger partial charge in [-0.25, -0.2) is 9.97 Å². The Hall–Kier alpha value is -2.40. The van der Waals surface area contributed by atoms with Gasteiger partial charge in [0.15, 0.2) is 0 Å². The number of ether oxygens (including phenoxy) is 1. The van der Waals surface area contributed by atoms with E-state index in [0.29, 0.717) is 29.7 Å². The van der Waals surface area contributed by atoms with Gasteiger partial charge in [0.05, 0.1) is 28.8 Å². The van der Waals surface area contributed by atoms with Crippen LogP contribution in [0.2, 0.25) is 5.02 Å². The highest BCUT2D eigenvalue weighted by atomic mass is 35.5. The number of hydrogen-bond acceptors (Lipinski definition) is 7. The van der Waals surface area contributed by atoms with Crippen LogP contribution in [-0.4, -0.2) is 48.4 Å². The fourth-order valence-corrected chi connectivity index (χ4v) is 4.65. The molecule has 0 bridgehead atoms. The molecule has 3 N–H and O–H groups in total. The number of nitriles is 1. The van der Waals surface area contributed by atoms with Crippen LogP contribution in [0.5, 0.6) is 0 Å². The van der Waals surface area contributed by atoms with Crippen molar-refractivity contribution in [2.24, 2.45) is 5.41 Å². The first kappa shape index (κ1) is 23.7. The molecule has 8 heteroatoms. The monoisotopic (exact) mass is 468 g/mol. The van der Waals surface area contributed by atoms with Crippen LogP contribution in [0.4, 0.5) is 11.6 Å². The Morgan fingerprint density at radius 2 is 1.97 bits per heavy atom. The van der Waals surface area contributed by atoms with Crippen LogP contribution in [0.25, 0.3) is 11.3 Å².